The highest BCUT2D eigenvalue weighted by molar-refractivity contribution is 5.84. The Hall–Kier alpha value is -2.83. The van der Waals surface area contributed by atoms with Gasteiger partial charge in [-0.25, -0.2) is 14.4 Å². The Morgan fingerprint density at radius 2 is 1.85 bits per heavy atom. The van der Waals surface area contributed by atoms with Gasteiger partial charge < -0.3 is 19.2 Å². The van der Waals surface area contributed by atoms with Crippen molar-refractivity contribution in [1.29, 1.82) is 0 Å². The topological polar surface area (TPSA) is 94.8 Å². The molecule has 2 atom stereocenters. The average Bonchev–Trinajstić information content (AvgIpc) is 2.57. The smallest absolute Gasteiger partial charge is 0.408 e. The minimum Gasteiger partial charge on any atom is -0.444 e. The van der Waals surface area contributed by atoms with Gasteiger partial charge in [0.05, 0.1) is 0 Å². The first kappa shape index (κ1) is 20.5. The lowest BCUT2D eigenvalue weighted by atomic mass is 9.99. The van der Waals surface area contributed by atoms with Gasteiger partial charge in [0, 0.05) is 17.5 Å². The maximum absolute atomic E-state index is 12.6. The van der Waals surface area contributed by atoms with E-state index < -0.39 is 29.3 Å². The van der Waals surface area contributed by atoms with Crippen LogP contribution in [-0.2, 0) is 9.53 Å². The number of esters is 1. The number of amides is 1. The van der Waals surface area contributed by atoms with E-state index in [4.69, 9.17) is 13.9 Å². The van der Waals surface area contributed by atoms with Gasteiger partial charge in [-0.2, -0.15) is 0 Å². The molecule has 1 amide bonds. The van der Waals surface area contributed by atoms with Gasteiger partial charge >= 0.3 is 17.7 Å². The van der Waals surface area contributed by atoms with Crippen molar-refractivity contribution in [1.82, 2.24) is 5.32 Å². The van der Waals surface area contributed by atoms with E-state index in [2.05, 4.69) is 5.32 Å². The van der Waals surface area contributed by atoms with E-state index in [9.17, 15) is 14.4 Å². The van der Waals surface area contributed by atoms with E-state index in [0.717, 1.165) is 0 Å². The zero-order valence-electron chi connectivity index (χ0n) is 16.2. The third-order valence-corrected chi connectivity index (χ3v) is 3.95. The standard InChI is InChI=1S/C20H25NO6/c1-6-12(2)17(21-19(24)27-20(3,4)5)18(23)25-14-9-7-13-8-10-16(22)26-15(13)11-14/h7-12,17H,6H2,1-5H3,(H,21,24)/t12-,17+/m0/s1. The molecule has 0 aliphatic carbocycles. The molecule has 0 unspecified atom stereocenters. The number of carbonyl (C=O) groups is 2. The predicted octanol–water partition coefficient (Wildman–Crippen LogP) is 3.64. The first-order valence-electron chi connectivity index (χ1n) is 8.84. The molecule has 0 bridgehead atoms. The number of benzene rings is 1. The molecular formula is C20H25NO6. The highest BCUT2D eigenvalue weighted by Crippen LogP contribution is 2.21. The molecule has 1 N–H and O–H groups in total. The summed E-state index contributed by atoms with van der Waals surface area (Å²) in [5.74, 6) is -0.558. The molecule has 2 aromatic rings. The van der Waals surface area contributed by atoms with Crippen LogP contribution in [0.1, 0.15) is 41.0 Å². The van der Waals surface area contributed by atoms with Gasteiger partial charge in [0.15, 0.2) is 0 Å². The van der Waals surface area contributed by atoms with E-state index in [1.165, 1.54) is 12.1 Å². The quantitative estimate of drug-likeness (QED) is 0.487. The zero-order valence-corrected chi connectivity index (χ0v) is 16.2. The van der Waals surface area contributed by atoms with Gasteiger partial charge in [-0.15, -0.1) is 0 Å². The Balaban J connectivity index is 2.17. The van der Waals surface area contributed by atoms with Crippen LogP contribution in [0.25, 0.3) is 11.0 Å². The van der Waals surface area contributed by atoms with Crippen molar-refractivity contribution >= 4 is 23.0 Å². The van der Waals surface area contributed by atoms with Crippen LogP contribution in [0.15, 0.2) is 39.5 Å². The summed E-state index contributed by atoms with van der Waals surface area (Å²) in [7, 11) is 0. The first-order chi connectivity index (χ1) is 12.6. The third-order valence-electron chi connectivity index (χ3n) is 3.95. The summed E-state index contributed by atoms with van der Waals surface area (Å²) in [6.07, 6.45) is -0.0310. The van der Waals surface area contributed by atoms with Gasteiger partial charge in [-0.3, -0.25) is 0 Å². The van der Waals surface area contributed by atoms with Crippen LogP contribution in [0.5, 0.6) is 5.75 Å². The van der Waals surface area contributed by atoms with Crippen LogP contribution < -0.4 is 15.7 Å². The predicted molar refractivity (Wildman–Crippen MR) is 101 cm³/mol. The molecule has 0 fully saturated rings. The third kappa shape index (κ3) is 5.84. The van der Waals surface area contributed by atoms with Crippen LogP contribution in [0.3, 0.4) is 0 Å². The Labute approximate surface area is 157 Å². The molecule has 0 aliphatic rings. The number of hydrogen-bond donors (Lipinski definition) is 1. The lowest BCUT2D eigenvalue weighted by Gasteiger charge is -2.25. The molecule has 0 aliphatic heterocycles. The van der Waals surface area contributed by atoms with E-state index in [1.807, 2.05) is 13.8 Å². The van der Waals surface area contributed by atoms with Crippen LogP contribution >= 0.6 is 0 Å². The number of alkyl carbamates (subject to hydrolysis) is 1. The average molecular weight is 375 g/mol. The highest BCUT2D eigenvalue weighted by Gasteiger charge is 2.30. The van der Waals surface area contributed by atoms with Gasteiger partial charge in [0.1, 0.15) is 23.0 Å². The molecule has 0 saturated carbocycles. The summed E-state index contributed by atoms with van der Waals surface area (Å²) in [4.78, 5) is 36.1. The largest absolute Gasteiger partial charge is 0.444 e. The minimum absolute atomic E-state index is 0.164. The van der Waals surface area contributed by atoms with Crippen LogP contribution in [0.2, 0.25) is 0 Å². The number of hydrogen-bond acceptors (Lipinski definition) is 6. The summed E-state index contributed by atoms with van der Waals surface area (Å²) in [6, 6.07) is 6.82. The fourth-order valence-corrected chi connectivity index (χ4v) is 2.39. The summed E-state index contributed by atoms with van der Waals surface area (Å²) in [5.41, 5.74) is -0.854. The van der Waals surface area contributed by atoms with Crippen molar-refractivity contribution in [3.8, 4) is 5.75 Å². The second kappa shape index (κ2) is 8.24. The minimum atomic E-state index is -0.872. The van der Waals surface area contributed by atoms with E-state index >= 15 is 0 Å². The maximum Gasteiger partial charge on any atom is 0.408 e. The summed E-state index contributed by atoms with van der Waals surface area (Å²) >= 11 is 0. The van der Waals surface area contributed by atoms with Crippen molar-refractivity contribution in [3.05, 3.63) is 40.8 Å². The summed E-state index contributed by atoms with van der Waals surface area (Å²) < 4.78 is 15.7. The first-order valence-corrected chi connectivity index (χ1v) is 8.84. The second-order valence-electron chi connectivity index (χ2n) is 7.38. The lowest BCUT2D eigenvalue weighted by molar-refractivity contribution is -0.138. The Morgan fingerprint density at radius 1 is 1.19 bits per heavy atom. The molecular weight excluding hydrogens is 350 g/mol. The SMILES string of the molecule is CC[C@H](C)[C@@H](NC(=O)OC(C)(C)C)C(=O)Oc1ccc2ccc(=O)oc2c1. The summed E-state index contributed by atoms with van der Waals surface area (Å²) in [6.45, 7) is 8.97. The Bertz CT molecular complexity index is 880. The number of carbonyl (C=O) groups excluding carboxylic acids is 2. The fourth-order valence-electron chi connectivity index (χ4n) is 2.39. The maximum atomic E-state index is 12.6. The number of ether oxygens (including phenoxy) is 2. The van der Waals surface area contributed by atoms with Crippen molar-refractivity contribution in [3.63, 3.8) is 0 Å². The monoisotopic (exact) mass is 375 g/mol. The van der Waals surface area contributed by atoms with E-state index in [-0.39, 0.29) is 11.7 Å². The molecule has 0 radical (unpaired) electrons. The number of nitrogens with one attached hydrogen (secondary N) is 1. The van der Waals surface area contributed by atoms with Crippen molar-refractivity contribution in [2.24, 2.45) is 5.92 Å². The number of rotatable bonds is 5. The van der Waals surface area contributed by atoms with Crippen molar-refractivity contribution in [2.75, 3.05) is 0 Å². The lowest BCUT2D eigenvalue weighted by Crippen LogP contribution is -2.48. The van der Waals surface area contributed by atoms with Crippen molar-refractivity contribution < 1.29 is 23.5 Å². The molecule has 7 heteroatoms. The molecule has 146 valence electrons. The van der Waals surface area contributed by atoms with Gasteiger partial charge in [0.25, 0.3) is 0 Å². The molecule has 27 heavy (non-hydrogen) atoms. The second-order valence-corrected chi connectivity index (χ2v) is 7.38. The zero-order chi connectivity index (χ0) is 20.2. The van der Waals surface area contributed by atoms with Gasteiger partial charge in [-0.1, -0.05) is 20.3 Å². The van der Waals surface area contributed by atoms with Crippen LogP contribution in [0.4, 0.5) is 4.79 Å². The highest BCUT2D eigenvalue weighted by atomic mass is 16.6. The molecule has 0 spiro atoms. The van der Waals surface area contributed by atoms with E-state index in [0.29, 0.717) is 17.4 Å². The molecule has 2 rings (SSSR count). The van der Waals surface area contributed by atoms with E-state index in [1.54, 1.807) is 39.0 Å². The van der Waals surface area contributed by atoms with Crippen LogP contribution in [0, 0.1) is 5.92 Å². The molecule has 1 heterocycles. The van der Waals surface area contributed by atoms with Crippen LogP contribution in [-0.4, -0.2) is 23.7 Å². The number of fused-ring (bicyclic) bond motifs is 1. The normalized spacial score (nSPS) is 13.7. The van der Waals surface area contributed by atoms with Gasteiger partial charge in [-0.05, 0) is 44.9 Å². The van der Waals surface area contributed by atoms with Crippen molar-refractivity contribution in [2.45, 2.75) is 52.7 Å². The molecule has 7 nitrogen and oxygen atoms in total. The fraction of sp³-hybridized carbons (Fsp3) is 0.450. The molecule has 0 saturated heterocycles. The Morgan fingerprint density at radius 3 is 2.48 bits per heavy atom. The Kier molecular flexibility index (Phi) is 6.25. The molecule has 1 aromatic carbocycles. The van der Waals surface area contributed by atoms with Gasteiger partial charge in [0.2, 0.25) is 0 Å². The molecule has 1 aromatic heterocycles. The summed E-state index contributed by atoms with van der Waals surface area (Å²) in [5, 5.41) is 3.29.